The maximum Gasteiger partial charge on any atom is 0.262 e. The van der Waals surface area contributed by atoms with Gasteiger partial charge in [-0.1, -0.05) is 0 Å². The van der Waals surface area contributed by atoms with E-state index in [0.29, 0.717) is 57.6 Å². The molecule has 0 saturated carbocycles. The van der Waals surface area contributed by atoms with Crippen molar-refractivity contribution < 1.29 is 19.0 Å². The molecule has 1 aromatic carbocycles. The minimum atomic E-state index is -0.218. The Kier molecular flexibility index (Phi) is 4.39. The lowest BCUT2D eigenvalue weighted by molar-refractivity contribution is 0.0950. The molecule has 0 unspecified atom stereocenters. The molecular weight excluding hydrogens is 394 g/mol. The van der Waals surface area contributed by atoms with Crippen molar-refractivity contribution in [1.29, 1.82) is 0 Å². The second kappa shape index (κ2) is 7.07. The third-order valence-corrected chi connectivity index (χ3v) is 6.30. The van der Waals surface area contributed by atoms with Crippen LogP contribution in [0.5, 0.6) is 17.2 Å². The number of benzene rings is 1. The van der Waals surface area contributed by atoms with Gasteiger partial charge in [0.05, 0.1) is 16.8 Å². The summed E-state index contributed by atoms with van der Waals surface area (Å²) in [4.78, 5) is 31.1. The smallest absolute Gasteiger partial charge is 0.262 e. The molecule has 0 bridgehead atoms. The van der Waals surface area contributed by atoms with E-state index in [1.54, 1.807) is 22.8 Å². The number of aromatic nitrogens is 2. The largest absolute Gasteiger partial charge is 0.492 e. The van der Waals surface area contributed by atoms with Gasteiger partial charge in [0.2, 0.25) is 6.79 Å². The molecule has 150 valence electrons. The zero-order valence-electron chi connectivity index (χ0n) is 15.8. The Morgan fingerprint density at radius 2 is 2.21 bits per heavy atom. The van der Waals surface area contributed by atoms with Crippen LogP contribution in [0, 0.1) is 6.92 Å². The van der Waals surface area contributed by atoms with Crippen molar-refractivity contribution in [2.24, 2.45) is 0 Å². The molecule has 1 amide bonds. The Balaban J connectivity index is 1.25. The Bertz CT molecular complexity index is 1180. The number of amides is 1. The fourth-order valence-electron chi connectivity index (χ4n) is 3.67. The number of fused-ring (bicyclic) bond motifs is 3. The minimum absolute atomic E-state index is 0.0403. The van der Waals surface area contributed by atoms with Gasteiger partial charge in [-0.25, -0.2) is 4.98 Å². The lowest BCUT2D eigenvalue weighted by Crippen LogP contribution is -2.28. The maximum absolute atomic E-state index is 12.7. The molecule has 4 heterocycles. The Hall–Kier alpha value is -3.07. The van der Waals surface area contributed by atoms with E-state index in [0.717, 1.165) is 18.7 Å². The van der Waals surface area contributed by atoms with Crippen LogP contribution in [0.15, 0.2) is 23.0 Å². The molecule has 0 atom stereocenters. The van der Waals surface area contributed by atoms with E-state index in [2.05, 4.69) is 10.3 Å². The lowest BCUT2D eigenvalue weighted by Gasteiger charge is -2.08. The number of rotatable bonds is 5. The summed E-state index contributed by atoms with van der Waals surface area (Å²) < 4.78 is 18.0. The van der Waals surface area contributed by atoms with Gasteiger partial charge in [-0.2, -0.15) is 0 Å². The predicted molar refractivity (Wildman–Crippen MR) is 107 cm³/mol. The third-order valence-electron chi connectivity index (χ3n) is 5.12. The van der Waals surface area contributed by atoms with Crippen molar-refractivity contribution in [2.75, 3.05) is 19.9 Å². The van der Waals surface area contributed by atoms with Gasteiger partial charge in [0.25, 0.3) is 11.5 Å². The Morgan fingerprint density at radius 3 is 3.10 bits per heavy atom. The molecule has 8 nitrogen and oxygen atoms in total. The van der Waals surface area contributed by atoms with Crippen molar-refractivity contribution in [3.63, 3.8) is 0 Å². The number of nitrogens with one attached hydrogen (secondary N) is 1. The highest BCUT2D eigenvalue weighted by atomic mass is 32.1. The van der Waals surface area contributed by atoms with E-state index in [1.165, 1.54) is 11.3 Å². The van der Waals surface area contributed by atoms with Crippen LogP contribution in [-0.4, -0.2) is 35.4 Å². The summed E-state index contributed by atoms with van der Waals surface area (Å²) >= 11 is 1.27. The van der Waals surface area contributed by atoms with Gasteiger partial charge in [-0.3, -0.25) is 14.2 Å². The zero-order chi connectivity index (χ0) is 20.0. The lowest BCUT2D eigenvalue weighted by atomic mass is 10.2. The van der Waals surface area contributed by atoms with Gasteiger partial charge < -0.3 is 19.5 Å². The quantitative estimate of drug-likeness (QED) is 0.645. The van der Waals surface area contributed by atoms with Crippen molar-refractivity contribution in [3.8, 4) is 17.2 Å². The fraction of sp³-hybridized carbons (Fsp3) is 0.350. The van der Waals surface area contributed by atoms with E-state index in [9.17, 15) is 9.59 Å². The molecule has 2 aliphatic rings. The molecule has 9 heteroatoms. The van der Waals surface area contributed by atoms with Crippen molar-refractivity contribution in [2.45, 2.75) is 26.3 Å². The summed E-state index contributed by atoms with van der Waals surface area (Å²) in [5, 5.41) is 3.41. The summed E-state index contributed by atoms with van der Waals surface area (Å²) in [6.07, 6.45) is 1.75. The SMILES string of the molecule is Cc1c(C(=O)NCCOc2ccc3c(c2)OCO3)sc2nc3n(c(=O)c12)CCC3. The van der Waals surface area contributed by atoms with Gasteiger partial charge in [0, 0.05) is 19.0 Å². The highest BCUT2D eigenvalue weighted by Crippen LogP contribution is 2.35. The molecule has 0 radical (unpaired) electrons. The van der Waals surface area contributed by atoms with Gasteiger partial charge in [0.15, 0.2) is 11.5 Å². The van der Waals surface area contributed by atoms with E-state index in [-0.39, 0.29) is 18.3 Å². The van der Waals surface area contributed by atoms with E-state index in [4.69, 9.17) is 14.2 Å². The topological polar surface area (TPSA) is 91.7 Å². The first-order valence-corrected chi connectivity index (χ1v) is 10.3. The molecule has 0 spiro atoms. The third kappa shape index (κ3) is 3.11. The Labute approximate surface area is 170 Å². The molecular formula is C20H19N3O5S. The van der Waals surface area contributed by atoms with Gasteiger partial charge >= 0.3 is 0 Å². The van der Waals surface area contributed by atoms with Crippen LogP contribution in [0.3, 0.4) is 0 Å². The summed E-state index contributed by atoms with van der Waals surface area (Å²) in [5.41, 5.74) is 0.653. The summed E-state index contributed by atoms with van der Waals surface area (Å²) in [6, 6.07) is 5.35. The molecule has 0 fully saturated rings. The molecule has 5 rings (SSSR count). The monoisotopic (exact) mass is 413 g/mol. The predicted octanol–water partition coefficient (Wildman–Crippen LogP) is 2.25. The van der Waals surface area contributed by atoms with E-state index in [1.807, 2.05) is 6.92 Å². The number of hydrogen-bond donors (Lipinski definition) is 1. The molecule has 3 aromatic rings. The molecule has 1 N–H and O–H groups in total. The second-order valence-corrected chi connectivity index (χ2v) is 7.94. The summed E-state index contributed by atoms with van der Waals surface area (Å²) in [5.74, 6) is 2.59. The number of hydrogen-bond acceptors (Lipinski definition) is 7. The first kappa shape index (κ1) is 18.0. The molecule has 0 saturated heterocycles. The zero-order valence-corrected chi connectivity index (χ0v) is 16.6. The van der Waals surface area contributed by atoms with Crippen LogP contribution in [0.4, 0.5) is 0 Å². The van der Waals surface area contributed by atoms with E-state index >= 15 is 0 Å². The summed E-state index contributed by atoms with van der Waals surface area (Å²) in [6.45, 7) is 3.37. The van der Waals surface area contributed by atoms with Gasteiger partial charge in [-0.15, -0.1) is 11.3 Å². The van der Waals surface area contributed by atoms with Gasteiger partial charge in [-0.05, 0) is 31.0 Å². The van der Waals surface area contributed by atoms with Crippen molar-refractivity contribution in [3.05, 3.63) is 44.8 Å². The van der Waals surface area contributed by atoms with Crippen LogP contribution in [0.1, 0.15) is 27.5 Å². The average molecular weight is 413 g/mol. The standard InChI is InChI=1S/C20H19N3O5S/c1-11-16-19(22-15-3-2-7-23(15)20(16)25)29-17(11)18(24)21-6-8-26-12-4-5-13-14(9-12)28-10-27-13/h4-5,9H,2-3,6-8,10H2,1H3,(H,21,24). The van der Waals surface area contributed by atoms with Crippen LogP contribution in [0.2, 0.25) is 0 Å². The second-order valence-electron chi connectivity index (χ2n) is 6.94. The van der Waals surface area contributed by atoms with Crippen LogP contribution in [-0.2, 0) is 13.0 Å². The summed E-state index contributed by atoms with van der Waals surface area (Å²) in [7, 11) is 0. The number of ether oxygens (including phenoxy) is 3. The van der Waals surface area contributed by atoms with Crippen molar-refractivity contribution in [1.82, 2.24) is 14.9 Å². The fourth-order valence-corrected chi connectivity index (χ4v) is 4.78. The Morgan fingerprint density at radius 1 is 1.34 bits per heavy atom. The highest BCUT2D eigenvalue weighted by Gasteiger charge is 2.23. The average Bonchev–Trinajstić information content (AvgIpc) is 3.43. The first-order chi connectivity index (χ1) is 14.1. The molecule has 29 heavy (non-hydrogen) atoms. The number of nitrogens with zero attached hydrogens (tertiary/aromatic N) is 2. The van der Waals surface area contributed by atoms with E-state index < -0.39 is 0 Å². The number of carbonyl (C=O) groups is 1. The molecule has 2 aliphatic heterocycles. The molecule has 2 aromatic heterocycles. The van der Waals surface area contributed by atoms with Crippen LogP contribution in [0.25, 0.3) is 10.2 Å². The minimum Gasteiger partial charge on any atom is -0.492 e. The maximum atomic E-state index is 12.7. The van der Waals surface area contributed by atoms with Crippen LogP contribution >= 0.6 is 11.3 Å². The first-order valence-electron chi connectivity index (χ1n) is 9.45. The normalized spacial score (nSPS) is 14.2. The number of carbonyl (C=O) groups excluding carboxylic acids is 1. The van der Waals surface area contributed by atoms with Crippen molar-refractivity contribution >= 4 is 27.5 Å². The highest BCUT2D eigenvalue weighted by molar-refractivity contribution is 7.20. The number of thiophene rings is 1. The van der Waals surface area contributed by atoms with Crippen LogP contribution < -0.4 is 25.1 Å². The number of aryl methyl sites for hydroxylation is 2. The molecule has 0 aliphatic carbocycles. The van der Waals surface area contributed by atoms with Gasteiger partial charge in [0.1, 0.15) is 23.0 Å².